The summed E-state index contributed by atoms with van der Waals surface area (Å²) in [6, 6.07) is 0. The maximum Gasteiger partial charge on any atom is 0.275 e. The van der Waals surface area contributed by atoms with Crippen molar-refractivity contribution >= 4 is 12.1 Å². The summed E-state index contributed by atoms with van der Waals surface area (Å²) in [5.41, 5.74) is 6.92. The van der Waals surface area contributed by atoms with Crippen LogP contribution in [0.25, 0.3) is 0 Å². The van der Waals surface area contributed by atoms with E-state index in [1.165, 1.54) is 0 Å². The number of nitrogens with zero attached hydrogens (tertiary/aromatic N) is 1. The number of rotatable bonds is 5. The molecule has 0 unspecified atom stereocenters. The fraction of sp³-hybridized carbons (Fsp3) is 0.538. The number of hydrogen-bond donors (Lipinski definition) is 2. The first-order valence-electron chi connectivity index (χ1n) is 5.87. The zero-order chi connectivity index (χ0) is 13.4. The molecule has 0 rings (SSSR count). The Morgan fingerprint density at radius 1 is 1.41 bits per heavy atom. The van der Waals surface area contributed by atoms with Crippen molar-refractivity contribution in [3.05, 3.63) is 23.2 Å². The molecule has 0 radical (unpaired) electrons. The molecule has 0 atom stereocenters. The molecule has 0 aromatic heterocycles. The van der Waals surface area contributed by atoms with E-state index in [1.54, 1.807) is 12.3 Å². The van der Waals surface area contributed by atoms with E-state index >= 15 is 0 Å². The van der Waals surface area contributed by atoms with Crippen LogP contribution >= 0.6 is 0 Å². The van der Waals surface area contributed by atoms with Gasteiger partial charge in [0.15, 0.2) is 0 Å². The van der Waals surface area contributed by atoms with E-state index in [1.807, 2.05) is 34.6 Å². The SMILES string of the molecule is CC/C=C(\N)NC(=O)C(N=CC(C)C)=C(C)C. The topological polar surface area (TPSA) is 67.5 Å². The van der Waals surface area contributed by atoms with E-state index in [2.05, 4.69) is 10.3 Å². The number of aliphatic imine (C=N–C) groups is 1. The maximum atomic E-state index is 11.9. The van der Waals surface area contributed by atoms with Crippen LogP contribution in [0.1, 0.15) is 41.0 Å². The smallest absolute Gasteiger partial charge is 0.275 e. The Labute approximate surface area is 104 Å². The molecule has 96 valence electrons. The van der Waals surface area contributed by atoms with Crippen LogP contribution in [0.2, 0.25) is 0 Å². The molecule has 0 heterocycles. The van der Waals surface area contributed by atoms with Crippen molar-refractivity contribution in [3.63, 3.8) is 0 Å². The second-order valence-corrected chi connectivity index (χ2v) is 4.39. The molecule has 0 aromatic rings. The molecule has 0 aliphatic heterocycles. The second kappa shape index (κ2) is 7.65. The number of nitrogens with one attached hydrogen (secondary N) is 1. The number of allylic oxidation sites excluding steroid dienone is 2. The van der Waals surface area contributed by atoms with Crippen LogP contribution in [-0.4, -0.2) is 12.1 Å². The van der Waals surface area contributed by atoms with E-state index < -0.39 is 0 Å². The van der Waals surface area contributed by atoms with Gasteiger partial charge in [-0.3, -0.25) is 9.79 Å². The minimum atomic E-state index is -0.260. The summed E-state index contributed by atoms with van der Waals surface area (Å²) in [6.45, 7) is 9.68. The summed E-state index contributed by atoms with van der Waals surface area (Å²) in [6.07, 6.45) is 4.29. The summed E-state index contributed by atoms with van der Waals surface area (Å²) in [7, 11) is 0. The third-order valence-electron chi connectivity index (χ3n) is 1.87. The minimum absolute atomic E-state index is 0.260. The highest BCUT2D eigenvalue weighted by molar-refractivity contribution is 5.96. The quantitative estimate of drug-likeness (QED) is 0.569. The van der Waals surface area contributed by atoms with Crippen LogP contribution in [0.5, 0.6) is 0 Å². The first-order valence-corrected chi connectivity index (χ1v) is 5.87. The fourth-order valence-corrected chi connectivity index (χ4v) is 1.10. The van der Waals surface area contributed by atoms with Crippen molar-refractivity contribution in [1.82, 2.24) is 5.32 Å². The highest BCUT2D eigenvalue weighted by atomic mass is 16.2. The molecule has 1 amide bonds. The second-order valence-electron chi connectivity index (χ2n) is 4.39. The van der Waals surface area contributed by atoms with Gasteiger partial charge in [-0.1, -0.05) is 20.8 Å². The van der Waals surface area contributed by atoms with Crippen LogP contribution in [-0.2, 0) is 4.79 Å². The van der Waals surface area contributed by atoms with Gasteiger partial charge in [0.2, 0.25) is 0 Å². The average Bonchev–Trinajstić information content (AvgIpc) is 2.16. The van der Waals surface area contributed by atoms with Crippen molar-refractivity contribution in [2.24, 2.45) is 16.6 Å². The Hall–Kier alpha value is -1.58. The van der Waals surface area contributed by atoms with Crippen LogP contribution in [0.4, 0.5) is 0 Å². The van der Waals surface area contributed by atoms with Gasteiger partial charge in [-0.2, -0.15) is 0 Å². The van der Waals surface area contributed by atoms with Crippen molar-refractivity contribution < 1.29 is 4.79 Å². The van der Waals surface area contributed by atoms with E-state index in [-0.39, 0.29) is 5.91 Å². The lowest BCUT2D eigenvalue weighted by Gasteiger charge is -2.07. The maximum absolute atomic E-state index is 11.9. The summed E-state index contributed by atoms with van der Waals surface area (Å²) in [5, 5.41) is 2.61. The number of hydrogen-bond acceptors (Lipinski definition) is 3. The van der Waals surface area contributed by atoms with Gasteiger partial charge in [0.05, 0.1) is 5.82 Å². The fourth-order valence-electron chi connectivity index (χ4n) is 1.10. The molecule has 0 spiro atoms. The highest BCUT2D eigenvalue weighted by Crippen LogP contribution is 2.06. The molecule has 0 aliphatic rings. The molecule has 3 N–H and O–H groups in total. The Balaban J connectivity index is 4.82. The lowest BCUT2D eigenvalue weighted by molar-refractivity contribution is -0.116. The van der Waals surface area contributed by atoms with Gasteiger partial charge >= 0.3 is 0 Å². The van der Waals surface area contributed by atoms with Crippen LogP contribution < -0.4 is 11.1 Å². The number of carbonyl (C=O) groups is 1. The number of amides is 1. The third-order valence-corrected chi connectivity index (χ3v) is 1.87. The Morgan fingerprint density at radius 3 is 2.41 bits per heavy atom. The van der Waals surface area contributed by atoms with E-state index in [4.69, 9.17) is 5.73 Å². The van der Waals surface area contributed by atoms with Gasteiger partial charge in [-0.15, -0.1) is 0 Å². The summed E-state index contributed by atoms with van der Waals surface area (Å²) in [4.78, 5) is 16.1. The zero-order valence-electron chi connectivity index (χ0n) is 11.4. The summed E-state index contributed by atoms with van der Waals surface area (Å²) in [5.74, 6) is 0.417. The molecule has 4 nitrogen and oxygen atoms in total. The van der Waals surface area contributed by atoms with Gasteiger partial charge in [0, 0.05) is 6.21 Å². The summed E-state index contributed by atoms with van der Waals surface area (Å²) >= 11 is 0. The van der Waals surface area contributed by atoms with Crippen molar-refractivity contribution in [2.75, 3.05) is 0 Å². The molecule has 0 saturated carbocycles. The van der Waals surface area contributed by atoms with Crippen LogP contribution in [0, 0.1) is 5.92 Å². The van der Waals surface area contributed by atoms with E-state index in [0.717, 1.165) is 12.0 Å². The first kappa shape index (κ1) is 15.4. The van der Waals surface area contributed by atoms with E-state index in [9.17, 15) is 4.79 Å². The third kappa shape index (κ3) is 6.56. The largest absolute Gasteiger partial charge is 0.385 e. The zero-order valence-corrected chi connectivity index (χ0v) is 11.4. The van der Waals surface area contributed by atoms with Gasteiger partial charge in [-0.25, -0.2) is 0 Å². The van der Waals surface area contributed by atoms with Crippen molar-refractivity contribution in [1.29, 1.82) is 0 Å². The normalized spacial score (nSPS) is 12.0. The lowest BCUT2D eigenvalue weighted by Crippen LogP contribution is -2.28. The number of nitrogens with two attached hydrogens (primary N) is 1. The van der Waals surface area contributed by atoms with Gasteiger partial charge < -0.3 is 11.1 Å². The number of carbonyl (C=O) groups excluding carboxylic acids is 1. The molecular weight excluding hydrogens is 214 g/mol. The minimum Gasteiger partial charge on any atom is -0.385 e. The Bertz CT molecular complexity index is 348. The first-order chi connectivity index (χ1) is 7.88. The lowest BCUT2D eigenvalue weighted by atomic mass is 10.2. The average molecular weight is 237 g/mol. The molecular formula is C13H23N3O. The summed E-state index contributed by atoms with van der Waals surface area (Å²) < 4.78 is 0. The monoisotopic (exact) mass is 237 g/mol. The molecule has 0 aliphatic carbocycles. The molecule has 0 aromatic carbocycles. The molecule has 0 saturated heterocycles. The highest BCUT2D eigenvalue weighted by Gasteiger charge is 2.10. The standard InChI is InChI=1S/C13H23N3O/c1-6-7-11(14)16-13(17)12(10(4)5)15-8-9(2)3/h7-9H,6,14H2,1-5H3,(H,16,17)/b11-7+,15-8?. The molecule has 4 heteroatoms. The Morgan fingerprint density at radius 2 is 2.00 bits per heavy atom. The predicted molar refractivity (Wildman–Crippen MR) is 72.4 cm³/mol. The van der Waals surface area contributed by atoms with Crippen LogP contribution in [0.3, 0.4) is 0 Å². The van der Waals surface area contributed by atoms with E-state index in [0.29, 0.717) is 17.4 Å². The molecule has 0 fully saturated rings. The van der Waals surface area contributed by atoms with Gasteiger partial charge in [0.25, 0.3) is 5.91 Å². The predicted octanol–water partition coefficient (Wildman–Crippen LogP) is 2.33. The van der Waals surface area contributed by atoms with Crippen molar-refractivity contribution in [2.45, 2.75) is 41.0 Å². The van der Waals surface area contributed by atoms with Crippen molar-refractivity contribution in [3.8, 4) is 0 Å². The Kier molecular flexibility index (Phi) is 6.94. The van der Waals surface area contributed by atoms with Gasteiger partial charge in [-0.05, 0) is 37.8 Å². The molecule has 0 bridgehead atoms. The van der Waals surface area contributed by atoms with Crippen LogP contribution in [0.15, 0.2) is 28.2 Å². The van der Waals surface area contributed by atoms with Gasteiger partial charge in [0.1, 0.15) is 5.70 Å². The molecule has 17 heavy (non-hydrogen) atoms.